The Bertz CT molecular complexity index is 1130. The monoisotopic (exact) mass is 266 g/mol. The number of nitrogens with one attached hydrogen (secondary N) is 1. The number of fused-ring (bicyclic) bond motifs is 2. The van der Waals surface area contributed by atoms with Crippen molar-refractivity contribution in [2.75, 3.05) is 0 Å². The van der Waals surface area contributed by atoms with Gasteiger partial charge in [-0.25, -0.2) is 0 Å². The van der Waals surface area contributed by atoms with Gasteiger partial charge in [-0.15, -0.1) is 0 Å². The number of hydrogen-bond acceptors (Lipinski definition) is 1. The van der Waals surface area contributed by atoms with Gasteiger partial charge in [0, 0.05) is 34.4 Å². The van der Waals surface area contributed by atoms with Crippen LogP contribution in [0.25, 0.3) is 43.4 Å². The second kappa shape index (κ2) is 3.64. The van der Waals surface area contributed by atoms with E-state index in [1.54, 1.807) is 0 Å². The smallest absolute Gasteiger partial charge is 0.127 e. The minimum Gasteiger partial charge on any atom is -0.286 e. The van der Waals surface area contributed by atoms with Gasteiger partial charge in [-0.1, -0.05) is 42.5 Å². The number of rotatable bonds is 0. The summed E-state index contributed by atoms with van der Waals surface area (Å²) in [6, 6.07) is 23.3. The summed E-state index contributed by atoms with van der Waals surface area (Å²) in [4.78, 5) is 0. The molecule has 0 aliphatic heterocycles. The highest BCUT2D eigenvalue weighted by Crippen LogP contribution is 2.38. The van der Waals surface area contributed by atoms with E-state index in [0.29, 0.717) is 5.36 Å². The fraction of sp³-hybridized carbons (Fsp3) is 0. The zero-order valence-electron chi connectivity index (χ0n) is 11.4. The molecule has 96 valence electrons. The molecule has 0 saturated carbocycles. The average Bonchev–Trinajstić information content (AvgIpc) is 2.55. The first kappa shape index (κ1) is 10.9. The van der Waals surface area contributed by atoms with Crippen LogP contribution in [-0.2, 0) is 0 Å². The maximum absolute atomic E-state index is 8.57. The van der Waals surface area contributed by atoms with E-state index < -0.39 is 0 Å². The zero-order valence-corrected chi connectivity index (χ0v) is 11.4. The van der Waals surface area contributed by atoms with Crippen LogP contribution in [0.1, 0.15) is 0 Å². The summed E-state index contributed by atoms with van der Waals surface area (Å²) in [6.45, 7) is 0. The Morgan fingerprint density at radius 2 is 1.48 bits per heavy atom. The molecule has 2 aliphatic rings. The van der Waals surface area contributed by atoms with Crippen molar-refractivity contribution in [3.63, 3.8) is 0 Å². The van der Waals surface area contributed by atoms with Gasteiger partial charge in [-0.2, -0.15) is 0 Å². The minimum atomic E-state index is 0.636. The van der Waals surface area contributed by atoms with Crippen LogP contribution in [-0.4, -0.2) is 0 Å². The summed E-state index contributed by atoms with van der Waals surface area (Å²) >= 11 is 0. The first-order valence-electron chi connectivity index (χ1n) is 7.14. The van der Waals surface area contributed by atoms with Gasteiger partial charge in [0.2, 0.25) is 0 Å². The molecule has 1 N–H and O–H groups in total. The van der Waals surface area contributed by atoms with Crippen LogP contribution < -0.4 is 5.36 Å². The molecular weight excluding hydrogens is 254 g/mol. The molecule has 3 aromatic carbocycles. The largest absolute Gasteiger partial charge is 0.286 e. The lowest BCUT2D eigenvalue weighted by molar-refractivity contribution is 1.31. The number of hydrogen-bond donors (Lipinski definition) is 1. The average molecular weight is 266 g/mol. The van der Waals surface area contributed by atoms with Crippen molar-refractivity contribution in [3.05, 3.63) is 72.1 Å². The Hall–Kier alpha value is -2.80. The molecular formula is C20H12N+. The van der Waals surface area contributed by atoms with Gasteiger partial charge in [0.1, 0.15) is 16.5 Å². The Morgan fingerprint density at radius 3 is 2.29 bits per heavy atom. The minimum absolute atomic E-state index is 0.636. The third-order valence-corrected chi connectivity index (χ3v) is 4.53. The summed E-state index contributed by atoms with van der Waals surface area (Å²) in [6.07, 6.45) is 0. The van der Waals surface area contributed by atoms with E-state index in [1.807, 2.05) is 12.1 Å². The van der Waals surface area contributed by atoms with Crippen LogP contribution in [0, 0.1) is 5.41 Å². The van der Waals surface area contributed by atoms with Crippen LogP contribution in [0.4, 0.5) is 0 Å². The van der Waals surface area contributed by atoms with Crippen LogP contribution in [0.5, 0.6) is 0 Å². The van der Waals surface area contributed by atoms with Gasteiger partial charge >= 0.3 is 0 Å². The fourth-order valence-corrected chi connectivity index (χ4v) is 3.60. The molecule has 0 bridgehead atoms. The first-order chi connectivity index (χ1) is 10.3. The Balaban J connectivity index is 2.27. The molecule has 0 unspecified atom stereocenters. The van der Waals surface area contributed by atoms with E-state index in [-0.39, 0.29) is 0 Å². The quantitative estimate of drug-likeness (QED) is 0.234. The highest BCUT2D eigenvalue weighted by molar-refractivity contribution is 6.26. The third kappa shape index (κ3) is 1.26. The lowest BCUT2D eigenvalue weighted by atomic mass is 9.87. The van der Waals surface area contributed by atoms with E-state index in [1.165, 1.54) is 32.5 Å². The molecule has 0 heterocycles. The van der Waals surface area contributed by atoms with Gasteiger partial charge in [0.15, 0.2) is 0 Å². The summed E-state index contributed by atoms with van der Waals surface area (Å²) in [7, 11) is 0. The molecule has 0 radical (unpaired) electrons. The van der Waals surface area contributed by atoms with Crippen molar-refractivity contribution in [1.82, 2.24) is 0 Å². The Kier molecular flexibility index (Phi) is 1.90. The van der Waals surface area contributed by atoms with Crippen molar-refractivity contribution in [2.45, 2.75) is 0 Å². The Morgan fingerprint density at radius 1 is 0.714 bits per heavy atom. The van der Waals surface area contributed by atoms with Crippen LogP contribution in [0.2, 0.25) is 0 Å². The maximum Gasteiger partial charge on any atom is 0.127 e. The SMILES string of the molecule is N=c1c2c[cH+]ccc-2c2ccc3cccc4ccc1c2c34. The van der Waals surface area contributed by atoms with Gasteiger partial charge in [-0.05, 0) is 16.2 Å². The lowest BCUT2D eigenvalue weighted by Crippen LogP contribution is -2.07. The van der Waals surface area contributed by atoms with Crippen molar-refractivity contribution >= 4 is 32.3 Å². The molecule has 1 heteroatoms. The summed E-state index contributed by atoms with van der Waals surface area (Å²) in [5, 5.41) is 16.5. The normalized spacial score (nSPS) is 12.0. The molecule has 1 nitrogen and oxygen atoms in total. The van der Waals surface area contributed by atoms with E-state index in [4.69, 9.17) is 5.41 Å². The third-order valence-electron chi connectivity index (χ3n) is 4.53. The second-order valence-corrected chi connectivity index (χ2v) is 5.60. The van der Waals surface area contributed by atoms with Gasteiger partial charge < -0.3 is 0 Å². The lowest BCUT2D eigenvalue weighted by Gasteiger charge is -2.12. The second-order valence-electron chi connectivity index (χ2n) is 5.60. The number of benzene rings is 5. The molecule has 0 spiro atoms. The Labute approximate surface area is 121 Å². The predicted molar refractivity (Wildman–Crippen MR) is 88.2 cm³/mol. The van der Waals surface area contributed by atoms with Gasteiger partial charge in [-0.3, -0.25) is 5.41 Å². The van der Waals surface area contributed by atoms with Gasteiger partial charge in [0.05, 0.1) is 6.07 Å². The van der Waals surface area contributed by atoms with Crippen molar-refractivity contribution < 1.29 is 0 Å². The highest BCUT2D eigenvalue weighted by Gasteiger charge is 2.20. The van der Waals surface area contributed by atoms with Crippen molar-refractivity contribution in [3.8, 4) is 11.1 Å². The topological polar surface area (TPSA) is 23.9 Å². The van der Waals surface area contributed by atoms with Crippen LogP contribution >= 0.6 is 0 Å². The van der Waals surface area contributed by atoms with Crippen LogP contribution in [0.3, 0.4) is 0 Å². The highest BCUT2D eigenvalue weighted by atomic mass is 14.4. The first-order valence-corrected chi connectivity index (χ1v) is 7.14. The van der Waals surface area contributed by atoms with E-state index >= 15 is 0 Å². The molecule has 0 saturated heterocycles. The standard InChI is InChI=1S/C20H12N/c21-20-16-7-2-1-6-14(16)15-10-8-12-4-3-5-13-9-11-17(20)19(15)18(12)13/h1-11,21H/q+1. The fourth-order valence-electron chi connectivity index (χ4n) is 3.60. The van der Waals surface area contributed by atoms with E-state index in [0.717, 1.165) is 10.9 Å². The van der Waals surface area contributed by atoms with Crippen molar-refractivity contribution in [2.24, 2.45) is 0 Å². The molecule has 0 amide bonds. The molecule has 21 heavy (non-hydrogen) atoms. The summed E-state index contributed by atoms with van der Waals surface area (Å²) in [5.41, 5.74) is 2.21. The summed E-state index contributed by atoms with van der Waals surface area (Å²) < 4.78 is 0. The molecule has 2 aliphatic carbocycles. The molecule has 3 aromatic rings. The van der Waals surface area contributed by atoms with E-state index in [9.17, 15) is 0 Å². The maximum atomic E-state index is 8.57. The molecule has 0 aromatic heterocycles. The molecule has 0 fully saturated rings. The van der Waals surface area contributed by atoms with Crippen molar-refractivity contribution in [1.29, 1.82) is 5.41 Å². The molecule has 5 rings (SSSR count). The summed E-state index contributed by atoms with van der Waals surface area (Å²) in [5.74, 6) is 0. The van der Waals surface area contributed by atoms with E-state index in [2.05, 4.69) is 54.6 Å². The van der Waals surface area contributed by atoms with Gasteiger partial charge in [0.25, 0.3) is 0 Å². The molecule has 0 atom stereocenters. The predicted octanol–water partition coefficient (Wildman–Crippen LogP) is 4.89. The van der Waals surface area contributed by atoms with Crippen LogP contribution in [0.15, 0.2) is 66.7 Å². The zero-order chi connectivity index (χ0) is 14.0.